The summed E-state index contributed by atoms with van der Waals surface area (Å²) in [4.78, 5) is 0. The molecule has 0 saturated heterocycles. The van der Waals surface area contributed by atoms with Crippen LogP contribution >= 0.6 is 0 Å². The van der Waals surface area contributed by atoms with Crippen molar-refractivity contribution < 1.29 is 44.3 Å². The van der Waals surface area contributed by atoms with Crippen molar-refractivity contribution in [1.82, 2.24) is 0 Å². The molecule has 0 heterocycles. The van der Waals surface area contributed by atoms with Gasteiger partial charge in [0.2, 0.25) is 0 Å². The van der Waals surface area contributed by atoms with E-state index in [-0.39, 0.29) is 16.6 Å². The third-order valence-corrected chi connectivity index (χ3v) is 22.4. The van der Waals surface area contributed by atoms with Crippen molar-refractivity contribution >= 4 is 34.7 Å². The van der Waals surface area contributed by atoms with Gasteiger partial charge in [0.05, 0.1) is 0 Å². The maximum Gasteiger partial charge on any atom is 0.502 e. The highest BCUT2D eigenvalue weighted by molar-refractivity contribution is 6.79. The van der Waals surface area contributed by atoms with Crippen molar-refractivity contribution in [2.75, 3.05) is 71.1 Å². The van der Waals surface area contributed by atoms with E-state index in [0.717, 1.165) is 18.1 Å². The highest BCUT2D eigenvalue weighted by atomic mass is 28.4. The van der Waals surface area contributed by atoms with E-state index >= 15 is 0 Å². The summed E-state index contributed by atoms with van der Waals surface area (Å²) >= 11 is 0. The third kappa shape index (κ3) is 7.48. The SMILES string of the molecule is CO[Si](CC(C)[Si](OC)(OC)OC)(CC(C)[Si](OC)(OC)OC)CC(C)[Si](OC)(OC)OC. The van der Waals surface area contributed by atoms with Crippen LogP contribution in [0.15, 0.2) is 0 Å². The standard InChI is InChI=1S/C19H48O10Si4/c1-17(31(21-5,22-6)23-7)14-30(20-4,15-18(2)32(24-8,25-9)26-10)16-19(3)33(27-11,28-12)29-13/h17-19H,14-16H2,1-13H3. The summed E-state index contributed by atoms with van der Waals surface area (Å²) in [6.45, 7) is 6.29. The molecule has 0 rings (SSSR count). The average molecular weight is 549 g/mol. The van der Waals surface area contributed by atoms with Crippen molar-refractivity contribution in [3.8, 4) is 0 Å². The zero-order valence-electron chi connectivity index (χ0n) is 22.9. The summed E-state index contributed by atoms with van der Waals surface area (Å²) in [6.07, 6.45) is 0. The molecule has 3 unspecified atom stereocenters. The first-order valence-corrected chi connectivity index (χ1v) is 18.9. The summed E-state index contributed by atoms with van der Waals surface area (Å²) in [5, 5.41) is 0. The van der Waals surface area contributed by atoms with Gasteiger partial charge in [-0.3, -0.25) is 0 Å². The quantitative estimate of drug-likeness (QED) is 0.224. The monoisotopic (exact) mass is 548 g/mol. The Balaban J connectivity index is 6.39. The molecule has 0 aliphatic heterocycles. The van der Waals surface area contributed by atoms with Crippen LogP contribution in [0.3, 0.4) is 0 Å². The van der Waals surface area contributed by atoms with Crippen molar-refractivity contribution in [3.05, 3.63) is 0 Å². The largest absolute Gasteiger partial charge is 0.502 e. The number of hydrogen-bond donors (Lipinski definition) is 0. The van der Waals surface area contributed by atoms with Crippen LogP contribution in [0.2, 0.25) is 34.8 Å². The number of rotatable bonds is 19. The van der Waals surface area contributed by atoms with E-state index in [9.17, 15) is 0 Å². The summed E-state index contributed by atoms with van der Waals surface area (Å²) in [6, 6.07) is 2.22. The van der Waals surface area contributed by atoms with E-state index in [0.29, 0.717) is 0 Å². The summed E-state index contributed by atoms with van der Waals surface area (Å²) in [5.41, 5.74) is -0.0113. The van der Waals surface area contributed by atoms with Gasteiger partial charge in [-0.1, -0.05) is 20.8 Å². The molecule has 33 heavy (non-hydrogen) atoms. The molecule has 200 valence electrons. The Hall–Kier alpha value is 0.468. The van der Waals surface area contributed by atoms with Gasteiger partial charge in [-0.2, -0.15) is 0 Å². The molecule has 0 fully saturated rings. The lowest BCUT2D eigenvalue weighted by molar-refractivity contribution is 0.112. The second kappa shape index (κ2) is 14.9. The first-order valence-electron chi connectivity index (χ1n) is 11.0. The molecule has 0 aromatic rings. The third-order valence-electron chi connectivity index (χ3n) is 6.84. The van der Waals surface area contributed by atoms with Crippen LogP contribution in [0, 0.1) is 0 Å². The van der Waals surface area contributed by atoms with Crippen LogP contribution in [0.25, 0.3) is 0 Å². The molecule has 0 spiro atoms. The molecule has 0 bridgehead atoms. The Bertz CT molecular complexity index is 439. The molecule has 0 radical (unpaired) electrons. The van der Waals surface area contributed by atoms with E-state index in [1.165, 1.54) is 0 Å². The minimum atomic E-state index is -2.90. The van der Waals surface area contributed by atoms with Gasteiger partial charge in [0.1, 0.15) is 0 Å². The molecule has 0 amide bonds. The second-order valence-corrected chi connectivity index (χ2v) is 22.6. The fourth-order valence-corrected chi connectivity index (χ4v) is 20.9. The van der Waals surface area contributed by atoms with Gasteiger partial charge in [-0.05, 0) is 18.1 Å². The van der Waals surface area contributed by atoms with Crippen LogP contribution in [0.4, 0.5) is 0 Å². The summed E-state index contributed by atoms with van der Waals surface area (Å²) in [5.74, 6) is 0. The first-order chi connectivity index (χ1) is 15.5. The average Bonchev–Trinajstić information content (AvgIpc) is 2.83. The smallest absolute Gasteiger partial charge is 0.420 e. The normalized spacial score (nSPS) is 18.1. The predicted molar refractivity (Wildman–Crippen MR) is 136 cm³/mol. The lowest BCUT2D eigenvalue weighted by Crippen LogP contribution is -2.55. The first kappa shape index (κ1) is 33.5. The van der Waals surface area contributed by atoms with Crippen molar-refractivity contribution in [2.24, 2.45) is 0 Å². The predicted octanol–water partition coefficient (Wildman–Crippen LogP) is 3.38. The van der Waals surface area contributed by atoms with Crippen molar-refractivity contribution in [1.29, 1.82) is 0 Å². The highest BCUT2D eigenvalue weighted by Gasteiger charge is 2.56. The molecule has 0 aliphatic rings. The van der Waals surface area contributed by atoms with E-state index in [1.807, 2.05) is 0 Å². The molecule has 0 aliphatic carbocycles. The maximum atomic E-state index is 6.44. The highest BCUT2D eigenvalue weighted by Crippen LogP contribution is 2.45. The molecular formula is C19H48O10Si4. The molecular weight excluding hydrogens is 501 g/mol. The van der Waals surface area contributed by atoms with Crippen LogP contribution in [-0.2, 0) is 44.3 Å². The second-order valence-electron chi connectivity index (χ2n) is 8.35. The van der Waals surface area contributed by atoms with Gasteiger partial charge in [0, 0.05) is 87.7 Å². The molecule has 0 aromatic heterocycles. The lowest BCUT2D eigenvalue weighted by atomic mass is 10.5. The van der Waals surface area contributed by atoms with Gasteiger partial charge < -0.3 is 44.3 Å². The molecule has 0 saturated carbocycles. The van der Waals surface area contributed by atoms with E-state index in [1.54, 1.807) is 71.1 Å². The van der Waals surface area contributed by atoms with E-state index in [4.69, 9.17) is 44.3 Å². The Morgan fingerprint density at radius 1 is 0.364 bits per heavy atom. The zero-order valence-corrected chi connectivity index (χ0v) is 26.9. The number of hydrogen-bond acceptors (Lipinski definition) is 10. The van der Waals surface area contributed by atoms with Crippen LogP contribution < -0.4 is 0 Å². The van der Waals surface area contributed by atoms with Crippen LogP contribution in [0.5, 0.6) is 0 Å². The Morgan fingerprint density at radius 2 is 0.545 bits per heavy atom. The molecule has 3 atom stereocenters. The minimum Gasteiger partial charge on any atom is -0.420 e. The summed E-state index contributed by atoms with van der Waals surface area (Å²) in [7, 11) is 5.23. The van der Waals surface area contributed by atoms with Crippen molar-refractivity contribution in [3.63, 3.8) is 0 Å². The van der Waals surface area contributed by atoms with Gasteiger partial charge in [-0.25, -0.2) is 0 Å². The molecule has 10 nitrogen and oxygen atoms in total. The van der Waals surface area contributed by atoms with Gasteiger partial charge in [0.15, 0.2) is 8.32 Å². The molecule has 0 N–H and O–H groups in total. The minimum absolute atomic E-state index is 0.00378. The Morgan fingerprint density at radius 3 is 0.667 bits per heavy atom. The Kier molecular flexibility index (Phi) is 15.1. The lowest BCUT2D eigenvalue weighted by Gasteiger charge is -2.42. The molecule has 0 aromatic carbocycles. The molecule has 14 heteroatoms. The van der Waals surface area contributed by atoms with Gasteiger partial charge >= 0.3 is 26.4 Å². The van der Waals surface area contributed by atoms with Crippen LogP contribution in [0.1, 0.15) is 20.8 Å². The van der Waals surface area contributed by atoms with E-state index in [2.05, 4.69) is 20.8 Å². The topological polar surface area (TPSA) is 92.3 Å². The summed E-state index contributed by atoms with van der Waals surface area (Å²) < 4.78 is 58.6. The fourth-order valence-electron chi connectivity index (χ4n) is 5.11. The van der Waals surface area contributed by atoms with E-state index < -0.39 is 34.7 Å². The fraction of sp³-hybridized carbons (Fsp3) is 1.00. The van der Waals surface area contributed by atoms with Crippen molar-refractivity contribution in [2.45, 2.75) is 55.5 Å². The van der Waals surface area contributed by atoms with Crippen LogP contribution in [-0.4, -0.2) is 106 Å². The zero-order chi connectivity index (χ0) is 25.9. The maximum absolute atomic E-state index is 6.44. The Labute approximate surface area is 205 Å². The van der Waals surface area contributed by atoms with Gasteiger partial charge in [0.25, 0.3) is 0 Å². The van der Waals surface area contributed by atoms with Gasteiger partial charge in [-0.15, -0.1) is 0 Å².